The Kier molecular flexibility index (Phi) is 5.24. The average Bonchev–Trinajstić information content (AvgIpc) is 2.46. The number of carbonyl (C=O) groups excluding carboxylic acids is 1. The van der Waals surface area contributed by atoms with E-state index in [2.05, 4.69) is 24.1 Å². The maximum Gasteiger partial charge on any atom is 0.255 e. The number of piperidine rings is 1. The molecule has 0 aromatic carbocycles. The molecule has 0 unspecified atom stereocenters. The van der Waals surface area contributed by atoms with Crippen molar-refractivity contribution in [1.82, 2.24) is 9.88 Å². The molecule has 2 rings (SSSR count). The second kappa shape index (κ2) is 6.93. The van der Waals surface area contributed by atoms with E-state index in [0.29, 0.717) is 22.3 Å². The van der Waals surface area contributed by atoms with Crippen LogP contribution in [0.1, 0.15) is 43.5 Å². The van der Waals surface area contributed by atoms with Crippen LogP contribution in [0.15, 0.2) is 12.3 Å². The van der Waals surface area contributed by atoms with E-state index in [1.54, 1.807) is 12.3 Å². The molecule has 1 amide bonds. The molecule has 4 nitrogen and oxygen atoms in total. The number of nitrogens with zero attached hydrogens (tertiary/aromatic N) is 2. The summed E-state index contributed by atoms with van der Waals surface area (Å²) in [5.74, 6) is 1.40. The van der Waals surface area contributed by atoms with E-state index in [4.69, 9.17) is 11.6 Å². The summed E-state index contributed by atoms with van der Waals surface area (Å²) < 4.78 is 0. The first-order chi connectivity index (χ1) is 9.61. The van der Waals surface area contributed by atoms with Crippen LogP contribution >= 0.6 is 11.6 Å². The Morgan fingerprint density at radius 2 is 2.20 bits per heavy atom. The van der Waals surface area contributed by atoms with Gasteiger partial charge >= 0.3 is 0 Å². The summed E-state index contributed by atoms with van der Waals surface area (Å²) in [5, 5.41) is 3.66. The van der Waals surface area contributed by atoms with E-state index in [1.807, 2.05) is 4.90 Å². The molecule has 1 N–H and O–H groups in total. The lowest BCUT2D eigenvalue weighted by atomic mass is 9.99. The van der Waals surface area contributed by atoms with Gasteiger partial charge in [0.15, 0.2) is 0 Å². The highest BCUT2D eigenvalue weighted by atomic mass is 35.5. The molecule has 20 heavy (non-hydrogen) atoms. The SMILES string of the molecule is CCCNc1ncc(C(=O)N2CCC(C)CC2)cc1Cl. The van der Waals surface area contributed by atoms with Crippen molar-refractivity contribution in [3.8, 4) is 0 Å². The topological polar surface area (TPSA) is 45.2 Å². The maximum atomic E-state index is 12.4. The first-order valence-electron chi connectivity index (χ1n) is 7.30. The van der Waals surface area contributed by atoms with Crippen molar-refractivity contribution in [1.29, 1.82) is 0 Å². The monoisotopic (exact) mass is 295 g/mol. The number of aromatic nitrogens is 1. The fraction of sp³-hybridized carbons (Fsp3) is 0.600. The standard InChI is InChI=1S/C15H22ClN3O/c1-3-6-17-14-13(16)9-12(10-18-14)15(20)19-7-4-11(2)5-8-19/h9-11H,3-8H2,1-2H3,(H,17,18). The minimum Gasteiger partial charge on any atom is -0.369 e. The summed E-state index contributed by atoms with van der Waals surface area (Å²) in [6, 6.07) is 1.72. The molecule has 0 saturated carbocycles. The quantitative estimate of drug-likeness (QED) is 0.925. The summed E-state index contributed by atoms with van der Waals surface area (Å²) in [4.78, 5) is 18.5. The van der Waals surface area contributed by atoms with Gasteiger partial charge in [-0.3, -0.25) is 4.79 Å². The van der Waals surface area contributed by atoms with Crippen molar-refractivity contribution >= 4 is 23.3 Å². The maximum absolute atomic E-state index is 12.4. The van der Waals surface area contributed by atoms with Gasteiger partial charge in [0.05, 0.1) is 10.6 Å². The molecule has 1 aliphatic rings. The van der Waals surface area contributed by atoms with Gasteiger partial charge in [0.25, 0.3) is 5.91 Å². The highest BCUT2D eigenvalue weighted by molar-refractivity contribution is 6.33. The van der Waals surface area contributed by atoms with Gasteiger partial charge in [-0.15, -0.1) is 0 Å². The number of amides is 1. The molecule has 0 atom stereocenters. The van der Waals surface area contributed by atoms with Crippen LogP contribution in [-0.2, 0) is 0 Å². The van der Waals surface area contributed by atoms with Crippen molar-refractivity contribution in [3.63, 3.8) is 0 Å². The van der Waals surface area contributed by atoms with Crippen molar-refractivity contribution in [3.05, 3.63) is 22.8 Å². The number of rotatable bonds is 4. The molecule has 0 bridgehead atoms. The molecule has 1 aromatic rings. The Morgan fingerprint density at radius 3 is 2.80 bits per heavy atom. The number of hydrogen-bond acceptors (Lipinski definition) is 3. The molecule has 1 fully saturated rings. The van der Waals surface area contributed by atoms with Crippen molar-refractivity contribution in [2.45, 2.75) is 33.1 Å². The molecular formula is C15H22ClN3O. The molecule has 0 aliphatic carbocycles. The summed E-state index contributed by atoms with van der Waals surface area (Å²) in [5.41, 5.74) is 0.576. The molecule has 110 valence electrons. The van der Waals surface area contributed by atoms with Gasteiger partial charge in [0.1, 0.15) is 5.82 Å². The third kappa shape index (κ3) is 3.63. The third-order valence-corrected chi connectivity index (χ3v) is 3.99. The Bertz CT molecular complexity index is 470. The zero-order valence-electron chi connectivity index (χ0n) is 12.2. The van der Waals surface area contributed by atoms with Gasteiger partial charge in [-0.05, 0) is 31.2 Å². The Labute approximate surface area is 125 Å². The zero-order chi connectivity index (χ0) is 14.5. The van der Waals surface area contributed by atoms with Gasteiger partial charge in [0, 0.05) is 25.8 Å². The fourth-order valence-corrected chi connectivity index (χ4v) is 2.56. The van der Waals surface area contributed by atoms with Crippen LogP contribution in [0.5, 0.6) is 0 Å². The minimum absolute atomic E-state index is 0.0355. The van der Waals surface area contributed by atoms with Gasteiger partial charge < -0.3 is 10.2 Å². The number of likely N-dealkylation sites (tertiary alicyclic amines) is 1. The number of carbonyl (C=O) groups is 1. The third-order valence-electron chi connectivity index (χ3n) is 3.70. The lowest BCUT2D eigenvalue weighted by Crippen LogP contribution is -2.37. The van der Waals surface area contributed by atoms with E-state index in [-0.39, 0.29) is 5.91 Å². The second-order valence-corrected chi connectivity index (χ2v) is 5.86. The number of hydrogen-bond donors (Lipinski definition) is 1. The van der Waals surface area contributed by atoms with Crippen LogP contribution in [0, 0.1) is 5.92 Å². The molecule has 0 radical (unpaired) electrons. The Balaban J connectivity index is 2.05. The van der Waals surface area contributed by atoms with E-state index in [0.717, 1.165) is 38.9 Å². The van der Waals surface area contributed by atoms with Gasteiger partial charge in [-0.25, -0.2) is 4.98 Å². The van der Waals surface area contributed by atoms with Crippen molar-refractivity contribution in [2.24, 2.45) is 5.92 Å². The van der Waals surface area contributed by atoms with Gasteiger partial charge in [-0.2, -0.15) is 0 Å². The van der Waals surface area contributed by atoms with Crippen molar-refractivity contribution < 1.29 is 4.79 Å². The summed E-state index contributed by atoms with van der Waals surface area (Å²) >= 11 is 6.18. The Morgan fingerprint density at radius 1 is 1.50 bits per heavy atom. The number of anilines is 1. The molecule has 2 heterocycles. The van der Waals surface area contributed by atoms with E-state index < -0.39 is 0 Å². The first kappa shape index (κ1) is 15.1. The van der Waals surface area contributed by atoms with E-state index in [9.17, 15) is 4.79 Å². The van der Waals surface area contributed by atoms with Crippen LogP contribution < -0.4 is 5.32 Å². The molecule has 1 aromatic heterocycles. The molecular weight excluding hydrogens is 274 g/mol. The summed E-state index contributed by atoms with van der Waals surface area (Å²) in [6.07, 6.45) is 4.76. The molecule has 5 heteroatoms. The number of nitrogens with one attached hydrogen (secondary N) is 1. The van der Waals surface area contributed by atoms with Crippen LogP contribution in [-0.4, -0.2) is 35.4 Å². The normalized spacial score (nSPS) is 16.2. The predicted molar refractivity (Wildman–Crippen MR) is 82.3 cm³/mol. The smallest absolute Gasteiger partial charge is 0.255 e. The molecule has 1 saturated heterocycles. The minimum atomic E-state index is 0.0355. The van der Waals surface area contributed by atoms with Gasteiger partial charge in [-0.1, -0.05) is 25.4 Å². The van der Waals surface area contributed by atoms with Crippen molar-refractivity contribution in [2.75, 3.05) is 25.0 Å². The number of pyridine rings is 1. The largest absolute Gasteiger partial charge is 0.369 e. The predicted octanol–water partition coefficient (Wildman–Crippen LogP) is 3.43. The van der Waals surface area contributed by atoms with Crippen LogP contribution in [0.3, 0.4) is 0 Å². The van der Waals surface area contributed by atoms with Crippen LogP contribution in [0.2, 0.25) is 5.02 Å². The highest BCUT2D eigenvalue weighted by Gasteiger charge is 2.22. The summed E-state index contributed by atoms with van der Waals surface area (Å²) in [6.45, 7) is 6.79. The van der Waals surface area contributed by atoms with Gasteiger partial charge in [0.2, 0.25) is 0 Å². The van der Waals surface area contributed by atoms with Crippen LogP contribution in [0.25, 0.3) is 0 Å². The molecule has 0 spiro atoms. The second-order valence-electron chi connectivity index (χ2n) is 5.46. The van der Waals surface area contributed by atoms with Crippen LogP contribution in [0.4, 0.5) is 5.82 Å². The zero-order valence-corrected chi connectivity index (χ0v) is 12.9. The number of halogens is 1. The van der Waals surface area contributed by atoms with E-state index in [1.165, 1.54) is 0 Å². The van der Waals surface area contributed by atoms with E-state index >= 15 is 0 Å². The molecule has 1 aliphatic heterocycles. The lowest BCUT2D eigenvalue weighted by Gasteiger charge is -2.30. The first-order valence-corrected chi connectivity index (χ1v) is 7.68. The average molecular weight is 296 g/mol. The highest BCUT2D eigenvalue weighted by Crippen LogP contribution is 2.23. The fourth-order valence-electron chi connectivity index (χ4n) is 2.32. The Hall–Kier alpha value is -1.29. The lowest BCUT2D eigenvalue weighted by molar-refractivity contribution is 0.0697. The summed E-state index contributed by atoms with van der Waals surface area (Å²) in [7, 11) is 0.